The normalized spacial score (nSPS) is 25.1. The largest absolute Gasteiger partial charge is 0.481 e. The van der Waals surface area contributed by atoms with Crippen molar-refractivity contribution in [3.05, 3.63) is 0 Å². The van der Waals surface area contributed by atoms with Crippen LogP contribution in [0.4, 0.5) is 4.79 Å². The van der Waals surface area contributed by atoms with Crippen molar-refractivity contribution in [1.82, 2.24) is 9.80 Å². The first-order valence-corrected chi connectivity index (χ1v) is 7.67. The Morgan fingerprint density at radius 3 is 2.59 bits per heavy atom. The third-order valence-electron chi connectivity index (χ3n) is 4.03. The van der Waals surface area contributed by atoms with Crippen LogP contribution < -0.4 is 0 Å². The zero-order chi connectivity index (χ0) is 16.5. The molecule has 0 aliphatic carbocycles. The van der Waals surface area contributed by atoms with Gasteiger partial charge >= 0.3 is 12.1 Å². The van der Waals surface area contributed by atoms with Crippen molar-refractivity contribution in [2.75, 3.05) is 19.6 Å². The van der Waals surface area contributed by atoms with Crippen LogP contribution in [0.1, 0.15) is 40.0 Å². The first-order valence-electron chi connectivity index (χ1n) is 7.67. The van der Waals surface area contributed by atoms with Gasteiger partial charge in [-0.25, -0.2) is 4.79 Å². The van der Waals surface area contributed by atoms with Gasteiger partial charge in [0.05, 0.1) is 6.04 Å². The number of hydrogen-bond acceptors (Lipinski definition) is 4. The number of aliphatic carboxylic acids is 1. The number of carboxylic acid groups (broad SMARTS) is 1. The summed E-state index contributed by atoms with van der Waals surface area (Å²) >= 11 is 0. The number of rotatable bonds is 3. The second-order valence-electron chi connectivity index (χ2n) is 6.98. The van der Waals surface area contributed by atoms with E-state index in [9.17, 15) is 14.4 Å². The quantitative estimate of drug-likeness (QED) is 0.849. The SMILES string of the molecule is CC(C)(C)OC(=O)N1CCN2C(=O)C(CCC(=O)O)CC2C1. The molecule has 2 aliphatic rings. The van der Waals surface area contributed by atoms with Crippen molar-refractivity contribution in [3.63, 3.8) is 0 Å². The Morgan fingerprint density at radius 1 is 1.32 bits per heavy atom. The highest BCUT2D eigenvalue weighted by molar-refractivity contribution is 5.82. The zero-order valence-electron chi connectivity index (χ0n) is 13.4. The molecule has 2 fully saturated rings. The average Bonchev–Trinajstić information content (AvgIpc) is 2.70. The Hall–Kier alpha value is -1.79. The van der Waals surface area contributed by atoms with Crippen LogP contribution in [0.25, 0.3) is 0 Å². The lowest BCUT2D eigenvalue weighted by molar-refractivity contribution is -0.138. The molecule has 2 amide bonds. The number of carbonyl (C=O) groups is 3. The van der Waals surface area contributed by atoms with Crippen LogP contribution >= 0.6 is 0 Å². The maximum atomic E-state index is 12.3. The van der Waals surface area contributed by atoms with Gasteiger partial charge in [0.25, 0.3) is 0 Å². The smallest absolute Gasteiger partial charge is 0.410 e. The van der Waals surface area contributed by atoms with Crippen molar-refractivity contribution in [1.29, 1.82) is 0 Å². The summed E-state index contributed by atoms with van der Waals surface area (Å²) in [7, 11) is 0. The summed E-state index contributed by atoms with van der Waals surface area (Å²) in [6.07, 6.45) is 0.639. The molecule has 0 aromatic carbocycles. The number of carboxylic acids is 1. The van der Waals surface area contributed by atoms with E-state index in [0.717, 1.165) is 0 Å². The highest BCUT2D eigenvalue weighted by atomic mass is 16.6. The average molecular weight is 312 g/mol. The number of piperazine rings is 1. The van der Waals surface area contributed by atoms with Gasteiger partial charge in [0.1, 0.15) is 5.60 Å². The van der Waals surface area contributed by atoms with Crippen LogP contribution in [0.15, 0.2) is 0 Å². The Bertz CT molecular complexity index is 471. The highest BCUT2D eigenvalue weighted by Crippen LogP contribution is 2.31. The van der Waals surface area contributed by atoms with E-state index in [2.05, 4.69) is 0 Å². The summed E-state index contributed by atoms with van der Waals surface area (Å²) in [5.41, 5.74) is -0.538. The first-order chi connectivity index (χ1) is 10.2. The number of carbonyl (C=O) groups excluding carboxylic acids is 2. The van der Waals surface area contributed by atoms with Crippen molar-refractivity contribution in [2.24, 2.45) is 5.92 Å². The van der Waals surface area contributed by atoms with Crippen molar-refractivity contribution in [2.45, 2.75) is 51.7 Å². The molecule has 2 saturated heterocycles. The molecule has 7 nitrogen and oxygen atoms in total. The summed E-state index contributed by atoms with van der Waals surface area (Å²) < 4.78 is 5.36. The lowest BCUT2D eigenvalue weighted by Crippen LogP contribution is -2.54. The van der Waals surface area contributed by atoms with Crippen LogP contribution in [0.3, 0.4) is 0 Å². The lowest BCUT2D eigenvalue weighted by Gasteiger charge is -2.38. The maximum Gasteiger partial charge on any atom is 0.410 e. The second kappa shape index (κ2) is 6.14. The summed E-state index contributed by atoms with van der Waals surface area (Å²) in [6, 6.07) is -0.0208. The van der Waals surface area contributed by atoms with Crippen LogP contribution in [0.2, 0.25) is 0 Å². The summed E-state index contributed by atoms with van der Waals surface area (Å²) in [5.74, 6) is -1.09. The molecule has 2 aliphatic heterocycles. The molecule has 0 aromatic rings. The topological polar surface area (TPSA) is 87.2 Å². The fourth-order valence-corrected chi connectivity index (χ4v) is 3.04. The van der Waals surface area contributed by atoms with Crippen molar-refractivity contribution in [3.8, 4) is 0 Å². The molecule has 1 N–H and O–H groups in total. The van der Waals surface area contributed by atoms with E-state index < -0.39 is 11.6 Å². The molecule has 0 aromatic heterocycles. The molecule has 2 unspecified atom stereocenters. The van der Waals surface area contributed by atoms with Gasteiger partial charge in [0.2, 0.25) is 5.91 Å². The fourth-order valence-electron chi connectivity index (χ4n) is 3.04. The number of nitrogens with zero attached hydrogens (tertiary/aromatic N) is 2. The van der Waals surface area contributed by atoms with Gasteiger partial charge in [-0.2, -0.15) is 0 Å². The van der Waals surface area contributed by atoms with Gasteiger partial charge in [-0.1, -0.05) is 0 Å². The minimum atomic E-state index is -0.881. The van der Waals surface area contributed by atoms with Gasteiger partial charge in [0, 0.05) is 32.0 Å². The Morgan fingerprint density at radius 2 is 2.00 bits per heavy atom. The monoisotopic (exact) mass is 312 g/mol. The molecule has 2 heterocycles. The van der Waals surface area contributed by atoms with E-state index in [1.54, 1.807) is 9.80 Å². The minimum absolute atomic E-state index is 0.00669. The molecule has 0 bridgehead atoms. The summed E-state index contributed by atoms with van der Waals surface area (Å²) in [4.78, 5) is 38.4. The third kappa shape index (κ3) is 3.90. The van der Waals surface area contributed by atoms with Crippen molar-refractivity contribution < 1.29 is 24.2 Å². The Labute approximate surface area is 130 Å². The molecule has 0 radical (unpaired) electrons. The zero-order valence-corrected chi connectivity index (χ0v) is 13.4. The predicted octanol–water partition coefficient (Wildman–Crippen LogP) is 1.32. The number of hydrogen-bond donors (Lipinski definition) is 1. The van der Waals surface area contributed by atoms with E-state index in [1.807, 2.05) is 20.8 Å². The number of fused-ring (bicyclic) bond motifs is 1. The lowest BCUT2D eigenvalue weighted by atomic mass is 9.99. The molecule has 22 heavy (non-hydrogen) atoms. The Balaban J connectivity index is 1.92. The molecule has 2 rings (SSSR count). The first kappa shape index (κ1) is 16.6. The molecule has 0 spiro atoms. The molecule has 0 saturated carbocycles. The second-order valence-corrected chi connectivity index (χ2v) is 6.98. The van der Waals surface area contributed by atoms with Crippen LogP contribution in [0, 0.1) is 5.92 Å². The fraction of sp³-hybridized carbons (Fsp3) is 0.800. The van der Waals surface area contributed by atoms with Crippen molar-refractivity contribution >= 4 is 18.0 Å². The molecule has 7 heteroatoms. The van der Waals surface area contributed by atoms with E-state index in [1.165, 1.54) is 0 Å². The van der Waals surface area contributed by atoms with Crippen LogP contribution in [-0.2, 0) is 14.3 Å². The summed E-state index contributed by atoms with van der Waals surface area (Å²) in [5, 5.41) is 8.75. The Kier molecular flexibility index (Phi) is 4.63. The molecular weight excluding hydrogens is 288 g/mol. The van der Waals surface area contributed by atoms with E-state index in [-0.39, 0.29) is 30.4 Å². The third-order valence-corrected chi connectivity index (χ3v) is 4.03. The number of amides is 2. The minimum Gasteiger partial charge on any atom is -0.481 e. The van der Waals surface area contributed by atoms with Crippen LogP contribution in [-0.4, -0.2) is 64.2 Å². The summed E-state index contributed by atoms with van der Waals surface area (Å²) in [6.45, 7) is 6.88. The van der Waals surface area contributed by atoms with Gasteiger partial charge in [-0.05, 0) is 33.6 Å². The van der Waals surface area contributed by atoms with Gasteiger partial charge < -0.3 is 19.6 Å². The number of ether oxygens (including phenoxy) is 1. The predicted molar refractivity (Wildman–Crippen MR) is 78.3 cm³/mol. The van der Waals surface area contributed by atoms with E-state index in [4.69, 9.17) is 9.84 Å². The van der Waals surface area contributed by atoms with Gasteiger partial charge in [0.15, 0.2) is 0 Å². The van der Waals surface area contributed by atoms with Crippen LogP contribution in [0.5, 0.6) is 0 Å². The molecule has 2 atom stereocenters. The molecular formula is C15H24N2O5. The van der Waals surface area contributed by atoms with E-state index >= 15 is 0 Å². The van der Waals surface area contributed by atoms with E-state index in [0.29, 0.717) is 32.5 Å². The van der Waals surface area contributed by atoms with Gasteiger partial charge in [-0.3, -0.25) is 9.59 Å². The highest BCUT2D eigenvalue weighted by Gasteiger charge is 2.43. The maximum absolute atomic E-state index is 12.3. The molecule has 124 valence electrons. The standard InChI is InChI=1S/C15H24N2O5/c1-15(2,3)22-14(21)16-6-7-17-11(9-16)8-10(13(17)20)4-5-12(18)19/h10-11H,4-9H2,1-3H3,(H,18,19). The van der Waals surface area contributed by atoms with Gasteiger partial charge in [-0.15, -0.1) is 0 Å².